The van der Waals surface area contributed by atoms with Gasteiger partial charge >= 0.3 is 0 Å². The van der Waals surface area contributed by atoms with Crippen molar-refractivity contribution in [3.05, 3.63) is 33.8 Å². The van der Waals surface area contributed by atoms with E-state index in [-0.39, 0.29) is 16.5 Å². The van der Waals surface area contributed by atoms with Crippen LogP contribution in [0.2, 0.25) is 0 Å². The summed E-state index contributed by atoms with van der Waals surface area (Å²) < 4.78 is 27.8. The minimum atomic E-state index is -0.963. The Bertz CT molecular complexity index is 440. The van der Waals surface area contributed by atoms with Crippen LogP contribution >= 0.6 is 15.9 Å². The van der Waals surface area contributed by atoms with Crippen LogP contribution in [0.4, 0.5) is 8.78 Å². The van der Waals surface area contributed by atoms with Crippen molar-refractivity contribution >= 4 is 15.9 Å². The number of hydrogen-bond acceptors (Lipinski definition) is 1. The second kappa shape index (κ2) is 5.25. The maximum atomic E-state index is 13.9. The van der Waals surface area contributed by atoms with E-state index in [1.54, 1.807) is 0 Å². The molecule has 0 bridgehead atoms. The average molecular weight is 319 g/mol. The molecular weight excluding hydrogens is 302 g/mol. The lowest BCUT2D eigenvalue weighted by molar-refractivity contribution is -0.00802. The van der Waals surface area contributed by atoms with E-state index in [0.717, 1.165) is 12.8 Å². The Hall–Kier alpha value is -0.480. The van der Waals surface area contributed by atoms with Crippen LogP contribution < -0.4 is 0 Å². The van der Waals surface area contributed by atoms with E-state index in [2.05, 4.69) is 22.9 Å². The molecule has 1 saturated carbocycles. The quantitative estimate of drug-likeness (QED) is 0.810. The molecule has 0 saturated heterocycles. The molecule has 4 heteroatoms. The number of benzene rings is 1. The second-order valence-corrected chi connectivity index (χ2v) is 6.26. The van der Waals surface area contributed by atoms with Gasteiger partial charge in [0.1, 0.15) is 11.6 Å². The Kier molecular flexibility index (Phi) is 4.07. The van der Waals surface area contributed by atoms with Gasteiger partial charge in [-0.15, -0.1) is 0 Å². The smallest absolute Gasteiger partial charge is 0.143 e. The molecule has 1 aliphatic rings. The molecule has 0 atom stereocenters. The van der Waals surface area contributed by atoms with Crippen LogP contribution in [0.3, 0.4) is 0 Å². The predicted octanol–water partition coefficient (Wildman–Crippen LogP) is 4.21. The maximum Gasteiger partial charge on any atom is 0.143 e. The standard InChI is InChI=1S/C14H17BrF2O/c1-9-4-6-14(18,7-5-9)8-10-12(16)3-2-11(15)13(10)17/h2-3,9,18H,4-8H2,1H3. The molecule has 1 aromatic carbocycles. The summed E-state index contributed by atoms with van der Waals surface area (Å²) >= 11 is 3.05. The summed E-state index contributed by atoms with van der Waals surface area (Å²) in [4.78, 5) is 0. The van der Waals surface area contributed by atoms with E-state index >= 15 is 0 Å². The van der Waals surface area contributed by atoms with Gasteiger partial charge in [-0.2, -0.15) is 0 Å². The number of hydrogen-bond donors (Lipinski definition) is 1. The summed E-state index contributed by atoms with van der Waals surface area (Å²) in [7, 11) is 0. The van der Waals surface area contributed by atoms with Gasteiger partial charge in [0.05, 0.1) is 10.1 Å². The Labute approximate surface area is 114 Å². The molecule has 1 aromatic rings. The Morgan fingerprint density at radius 3 is 2.56 bits per heavy atom. The van der Waals surface area contributed by atoms with E-state index in [0.29, 0.717) is 18.8 Å². The van der Waals surface area contributed by atoms with Crippen LogP contribution in [0.15, 0.2) is 16.6 Å². The van der Waals surface area contributed by atoms with Crippen molar-refractivity contribution in [1.82, 2.24) is 0 Å². The first-order valence-corrected chi connectivity index (χ1v) is 7.05. The lowest BCUT2D eigenvalue weighted by atomic mass is 9.76. The van der Waals surface area contributed by atoms with Gasteiger partial charge in [-0.25, -0.2) is 8.78 Å². The zero-order valence-corrected chi connectivity index (χ0v) is 11.9. The van der Waals surface area contributed by atoms with Gasteiger partial charge in [-0.1, -0.05) is 6.92 Å². The third-order valence-electron chi connectivity index (χ3n) is 3.85. The SMILES string of the molecule is CC1CCC(O)(Cc2c(F)ccc(Br)c2F)CC1. The fourth-order valence-electron chi connectivity index (χ4n) is 2.54. The Morgan fingerprint density at radius 2 is 1.94 bits per heavy atom. The van der Waals surface area contributed by atoms with Crippen LogP contribution in [0.25, 0.3) is 0 Å². The lowest BCUT2D eigenvalue weighted by Gasteiger charge is -2.35. The van der Waals surface area contributed by atoms with Gasteiger partial charge in [-0.3, -0.25) is 0 Å². The normalized spacial score (nSPS) is 28.4. The highest BCUT2D eigenvalue weighted by Crippen LogP contribution is 2.36. The maximum absolute atomic E-state index is 13.9. The minimum absolute atomic E-state index is 0.0126. The fourth-order valence-corrected chi connectivity index (χ4v) is 2.91. The predicted molar refractivity (Wildman–Crippen MR) is 70.3 cm³/mol. The number of aliphatic hydroxyl groups is 1. The Balaban J connectivity index is 2.21. The molecule has 1 fully saturated rings. The fraction of sp³-hybridized carbons (Fsp3) is 0.571. The van der Waals surface area contributed by atoms with Crippen molar-refractivity contribution in [3.8, 4) is 0 Å². The summed E-state index contributed by atoms with van der Waals surface area (Å²) in [5.41, 5.74) is -0.976. The van der Waals surface area contributed by atoms with Crippen LogP contribution in [0.1, 0.15) is 38.2 Å². The highest BCUT2D eigenvalue weighted by atomic mass is 79.9. The zero-order chi connectivity index (χ0) is 13.3. The van der Waals surface area contributed by atoms with E-state index in [1.807, 2.05) is 0 Å². The highest BCUT2D eigenvalue weighted by molar-refractivity contribution is 9.10. The second-order valence-electron chi connectivity index (χ2n) is 5.41. The molecule has 0 spiro atoms. The summed E-state index contributed by atoms with van der Waals surface area (Å²) in [5, 5.41) is 10.4. The van der Waals surface area contributed by atoms with E-state index in [4.69, 9.17) is 0 Å². The zero-order valence-electron chi connectivity index (χ0n) is 10.3. The van der Waals surface area contributed by atoms with Gasteiger partial charge in [0.2, 0.25) is 0 Å². The summed E-state index contributed by atoms with van der Waals surface area (Å²) in [6.07, 6.45) is 3.09. The monoisotopic (exact) mass is 318 g/mol. The molecule has 18 heavy (non-hydrogen) atoms. The number of rotatable bonds is 2. The lowest BCUT2D eigenvalue weighted by Crippen LogP contribution is -2.36. The van der Waals surface area contributed by atoms with Crippen LogP contribution in [-0.4, -0.2) is 10.7 Å². The van der Waals surface area contributed by atoms with Crippen molar-refractivity contribution in [3.63, 3.8) is 0 Å². The van der Waals surface area contributed by atoms with Crippen molar-refractivity contribution in [2.75, 3.05) is 0 Å². The first-order valence-electron chi connectivity index (χ1n) is 6.26. The molecule has 0 aliphatic heterocycles. The first-order chi connectivity index (χ1) is 8.41. The van der Waals surface area contributed by atoms with Crippen molar-refractivity contribution in [1.29, 1.82) is 0 Å². The molecule has 100 valence electrons. The summed E-state index contributed by atoms with van der Waals surface area (Å²) in [5.74, 6) is -0.590. The van der Waals surface area contributed by atoms with Crippen LogP contribution in [0.5, 0.6) is 0 Å². The van der Waals surface area contributed by atoms with Gasteiger partial charge in [0.15, 0.2) is 0 Å². The van der Waals surface area contributed by atoms with Gasteiger partial charge < -0.3 is 5.11 Å². The third-order valence-corrected chi connectivity index (χ3v) is 4.46. The molecule has 1 N–H and O–H groups in total. The van der Waals surface area contributed by atoms with Gasteiger partial charge in [0.25, 0.3) is 0 Å². The molecule has 0 radical (unpaired) electrons. The largest absolute Gasteiger partial charge is 0.390 e. The number of halogens is 3. The van der Waals surface area contributed by atoms with E-state index in [9.17, 15) is 13.9 Å². The van der Waals surface area contributed by atoms with Crippen molar-refractivity contribution in [2.24, 2.45) is 5.92 Å². The molecule has 0 aromatic heterocycles. The van der Waals surface area contributed by atoms with Crippen molar-refractivity contribution in [2.45, 2.75) is 44.6 Å². The summed E-state index contributed by atoms with van der Waals surface area (Å²) in [6, 6.07) is 2.58. The average Bonchev–Trinajstić information content (AvgIpc) is 2.34. The molecule has 0 heterocycles. The molecule has 0 unspecified atom stereocenters. The van der Waals surface area contributed by atoms with Crippen LogP contribution in [0, 0.1) is 17.6 Å². The highest BCUT2D eigenvalue weighted by Gasteiger charge is 2.33. The first kappa shape index (κ1) is 13.9. The molecular formula is C14H17BrF2O. The topological polar surface area (TPSA) is 20.2 Å². The minimum Gasteiger partial charge on any atom is -0.390 e. The van der Waals surface area contributed by atoms with Gasteiger partial charge in [-0.05, 0) is 59.7 Å². The Morgan fingerprint density at radius 1 is 1.33 bits per heavy atom. The summed E-state index contributed by atoms with van der Waals surface area (Å²) in [6.45, 7) is 2.14. The van der Waals surface area contributed by atoms with Crippen LogP contribution in [-0.2, 0) is 6.42 Å². The van der Waals surface area contributed by atoms with E-state index < -0.39 is 17.2 Å². The third kappa shape index (κ3) is 2.91. The van der Waals surface area contributed by atoms with Crippen molar-refractivity contribution < 1.29 is 13.9 Å². The molecule has 0 amide bonds. The van der Waals surface area contributed by atoms with Gasteiger partial charge in [0, 0.05) is 12.0 Å². The molecule has 1 aliphatic carbocycles. The van der Waals surface area contributed by atoms with E-state index in [1.165, 1.54) is 12.1 Å². The molecule has 2 rings (SSSR count). The molecule has 1 nitrogen and oxygen atoms in total.